The lowest BCUT2D eigenvalue weighted by Gasteiger charge is -2.31. The fourth-order valence-corrected chi connectivity index (χ4v) is 6.88. The molecule has 1 aliphatic rings. The fourth-order valence-electron chi connectivity index (χ4n) is 2.86. The molecule has 0 amide bonds. The van der Waals surface area contributed by atoms with Gasteiger partial charge >= 0.3 is 0 Å². The Balaban J connectivity index is 1.90. The molecule has 0 saturated carbocycles. The highest BCUT2D eigenvalue weighted by Gasteiger charge is 2.24. The van der Waals surface area contributed by atoms with Crippen LogP contribution < -0.4 is 0 Å². The topological polar surface area (TPSA) is 0 Å². The van der Waals surface area contributed by atoms with Gasteiger partial charge in [0, 0.05) is 19.6 Å². The molecule has 0 saturated heterocycles. The van der Waals surface area contributed by atoms with E-state index in [1.54, 1.807) is 0 Å². The van der Waals surface area contributed by atoms with Crippen molar-refractivity contribution < 1.29 is 0 Å². The van der Waals surface area contributed by atoms with E-state index in [-0.39, 0.29) is 0 Å². The van der Waals surface area contributed by atoms with E-state index in [0.29, 0.717) is 0 Å². The van der Waals surface area contributed by atoms with Gasteiger partial charge in [-0.15, -0.1) is 0 Å². The average molecular weight is 322 g/mol. The first-order valence-corrected chi connectivity index (χ1v) is 9.77. The van der Waals surface area contributed by atoms with Crippen molar-refractivity contribution in [3.63, 3.8) is 0 Å². The van der Waals surface area contributed by atoms with Gasteiger partial charge in [-0.25, -0.2) is 0 Å². The summed E-state index contributed by atoms with van der Waals surface area (Å²) in [5.74, 6) is 0. The Morgan fingerprint density at radius 1 is 0.727 bits per heavy atom. The first-order valence-electron chi connectivity index (χ1n) is 7.62. The van der Waals surface area contributed by atoms with E-state index in [9.17, 15) is 0 Å². The van der Waals surface area contributed by atoms with Gasteiger partial charge in [0.05, 0.1) is 0 Å². The van der Waals surface area contributed by atoms with Gasteiger partial charge in [-0.1, -0.05) is 55.1 Å². The van der Waals surface area contributed by atoms with Crippen molar-refractivity contribution in [2.75, 3.05) is 0 Å². The van der Waals surface area contributed by atoms with Crippen LogP contribution in [0.4, 0.5) is 0 Å². The van der Waals surface area contributed by atoms with E-state index >= 15 is 0 Å². The number of hydrogen-bond acceptors (Lipinski definition) is 1. The zero-order valence-electron chi connectivity index (χ0n) is 12.5. The number of hydrogen-bond donors (Lipinski definition) is 1. The molecule has 3 aromatic rings. The van der Waals surface area contributed by atoms with Gasteiger partial charge < -0.3 is 0 Å². The van der Waals surface area contributed by atoms with Crippen molar-refractivity contribution in [3.05, 3.63) is 78.4 Å². The van der Waals surface area contributed by atoms with E-state index in [1.807, 2.05) is 11.8 Å². The highest BCUT2D eigenvalue weighted by molar-refractivity contribution is 8.18. The quantitative estimate of drug-likeness (QED) is 0.429. The van der Waals surface area contributed by atoms with Crippen molar-refractivity contribution in [2.45, 2.75) is 37.8 Å². The summed E-state index contributed by atoms with van der Waals surface area (Å²) in [5, 5.41) is 0. The molecule has 0 spiro atoms. The standard InChI is InChI=1S/C20H18S2/c1-2-15-11-13-16(14-12-15)22-19-9-5-3-7-17(19)21-18-8-4-6-10-20(18)22/h3-14,22H,2H2,1H3. The molecular formula is C20H18S2. The van der Waals surface area contributed by atoms with E-state index in [1.165, 1.54) is 30.0 Å². The Kier molecular flexibility index (Phi) is 3.73. The Bertz CT molecular complexity index is 760. The highest BCUT2D eigenvalue weighted by atomic mass is 32.2. The van der Waals surface area contributed by atoms with Crippen LogP contribution in [0, 0.1) is 0 Å². The van der Waals surface area contributed by atoms with Crippen LogP contribution in [0.1, 0.15) is 12.5 Å². The zero-order chi connectivity index (χ0) is 14.9. The molecule has 22 heavy (non-hydrogen) atoms. The zero-order valence-corrected chi connectivity index (χ0v) is 14.2. The van der Waals surface area contributed by atoms with Crippen LogP contribution >= 0.6 is 22.7 Å². The molecule has 2 heteroatoms. The van der Waals surface area contributed by atoms with E-state index in [4.69, 9.17) is 0 Å². The normalized spacial score (nSPS) is 14.3. The van der Waals surface area contributed by atoms with Crippen LogP contribution in [-0.2, 0) is 6.42 Å². The lowest BCUT2D eigenvalue weighted by Crippen LogP contribution is -1.97. The lowest BCUT2D eigenvalue weighted by atomic mass is 10.2. The molecule has 110 valence electrons. The maximum Gasteiger partial charge on any atom is 0.0247 e. The molecule has 0 bridgehead atoms. The van der Waals surface area contributed by atoms with Gasteiger partial charge in [0.2, 0.25) is 0 Å². The molecule has 1 aliphatic heterocycles. The van der Waals surface area contributed by atoms with Crippen LogP contribution in [0.15, 0.2) is 97.3 Å². The van der Waals surface area contributed by atoms with E-state index < -0.39 is 10.9 Å². The minimum Gasteiger partial charge on any atom is -0.171 e. The summed E-state index contributed by atoms with van der Waals surface area (Å²) in [4.78, 5) is 7.25. The molecule has 0 unspecified atom stereocenters. The van der Waals surface area contributed by atoms with Gasteiger partial charge in [0.15, 0.2) is 0 Å². The molecule has 0 radical (unpaired) electrons. The summed E-state index contributed by atoms with van der Waals surface area (Å²) in [7, 11) is -0.437. The third kappa shape index (κ3) is 2.37. The van der Waals surface area contributed by atoms with Gasteiger partial charge in [0.1, 0.15) is 0 Å². The molecule has 0 nitrogen and oxygen atoms in total. The van der Waals surface area contributed by atoms with Gasteiger partial charge in [-0.3, -0.25) is 0 Å². The predicted molar refractivity (Wildman–Crippen MR) is 96.6 cm³/mol. The number of aryl methyl sites for hydroxylation is 1. The summed E-state index contributed by atoms with van der Waals surface area (Å²) >= 11 is 1.90. The predicted octanol–water partition coefficient (Wildman–Crippen LogP) is 6.19. The molecule has 0 aromatic heterocycles. The molecule has 0 atom stereocenters. The average Bonchev–Trinajstić information content (AvgIpc) is 2.60. The maximum absolute atomic E-state index is 2.33. The minimum atomic E-state index is -0.437. The molecule has 0 aliphatic carbocycles. The summed E-state index contributed by atoms with van der Waals surface area (Å²) in [6, 6.07) is 27.0. The van der Waals surface area contributed by atoms with Crippen LogP contribution in [0.25, 0.3) is 0 Å². The first-order chi connectivity index (χ1) is 10.9. The second-order valence-electron chi connectivity index (χ2n) is 5.39. The Morgan fingerprint density at radius 3 is 1.82 bits per heavy atom. The summed E-state index contributed by atoms with van der Waals surface area (Å²) < 4.78 is 0. The largest absolute Gasteiger partial charge is 0.171 e. The first kappa shape index (κ1) is 14.0. The Morgan fingerprint density at radius 2 is 1.27 bits per heavy atom. The van der Waals surface area contributed by atoms with E-state index in [0.717, 1.165) is 6.42 Å². The van der Waals surface area contributed by atoms with Gasteiger partial charge in [-0.05, 0) is 53.3 Å². The number of benzene rings is 3. The van der Waals surface area contributed by atoms with Gasteiger partial charge in [-0.2, -0.15) is 10.9 Å². The summed E-state index contributed by atoms with van der Waals surface area (Å²) in [5.41, 5.74) is 1.41. The molecule has 1 heterocycles. The van der Waals surface area contributed by atoms with Gasteiger partial charge in [0.25, 0.3) is 0 Å². The Labute approximate surface area is 138 Å². The lowest BCUT2D eigenvalue weighted by molar-refractivity contribution is 1.11. The second-order valence-corrected chi connectivity index (χ2v) is 8.63. The summed E-state index contributed by atoms with van der Waals surface area (Å²) in [6.45, 7) is 2.21. The van der Waals surface area contributed by atoms with Crippen molar-refractivity contribution in [1.29, 1.82) is 0 Å². The van der Waals surface area contributed by atoms with Crippen LogP contribution in [0.5, 0.6) is 0 Å². The molecule has 3 aromatic carbocycles. The third-order valence-electron chi connectivity index (χ3n) is 4.04. The summed E-state index contributed by atoms with van der Waals surface area (Å²) in [6.07, 6.45) is 1.10. The number of fused-ring (bicyclic) bond motifs is 2. The molecule has 0 fully saturated rings. The van der Waals surface area contributed by atoms with E-state index in [2.05, 4.69) is 79.7 Å². The van der Waals surface area contributed by atoms with Crippen LogP contribution in [0.3, 0.4) is 0 Å². The van der Waals surface area contributed by atoms with Crippen molar-refractivity contribution in [2.24, 2.45) is 0 Å². The van der Waals surface area contributed by atoms with Crippen molar-refractivity contribution in [3.8, 4) is 0 Å². The fraction of sp³-hybridized carbons (Fsp3) is 0.100. The monoisotopic (exact) mass is 322 g/mol. The molecule has 4 rings (SSSR count). The number of thiol groups is 1. The minimum absolute atomic E-state index is 0.437. The smallest absolute Gasteiger partial charge is 0.0247 e. The van der Waals surface area contributed by atoms with Crippen LogP contribution in [-0.4, -0.2) is 0 Å². The third-order valence-corrected chi connectivity index (χ3v) is 8.05. The SMILES string of the molecule is CCc1ccc([SH]2c3ccccc3Sc3ccccc32)cc1. The van der Waals surface area contributed by atoms with Crippen LogP contribution in [0.2, 0.25) is 0 Å². The number of rotatable bonds is 2. The Hall–Kier alpha value is -1.64. The van der Waals surface area contributed by atoms with Crippen molar-refractivity contribution >= 4 is 22.7 Å². The molecule has 0 N–H and O–H groups in total. The highest BCUT2D eigenvalue weighted by Crippen LogP contribution is 2.61. The maximum atomic E-state index is 2.33. The second kappa shape index (κ2) is 5.86. The van der Waals surface area contributed by atoms with Crippen molar-refractivity contribution in [1.82, 2.24) is 0 Å². The molecular weight excluding hydrogens is 304 g/mol.